The molecule has 3 rings (SSSR count). The predicted octanol–water partition coefficient (Wildman–Crippen LogP) is 6.80. The molecule has 0 aliphatic rings. The molecule has 1 N–H and O–H groups in total. The van der Waals surface area contributed by atoms with Gasteiger partial charge >= 0.3 is 0 Å². The molecule has 0 fully saturated rings. The number of nitrogens with one attached hydrogen (secondary N) is 1. The van der Waals surface area contributed by atoms with Crippen LogP contribution in [0.2, 0.25) is 19.6 Å². The van der Waals surface area contributed by atoms with Gasteiger partial charge in [0, 0.05) is 6.04 Å². The van der Waals surface area contributed by atoms with Crippen LogP contribution in [0.15, 0.2) is 104 Å². The minimum atomic E-state index is -1.22. The van der Waals surface area contributed by atoms with Crippen LogP contribution >= 0.6 is 0 Å². The Morgan fingerprint density at radius 2 is 1.25 bits per heavy atom. The van der Waals surface area contributed by atoms with Crippen molar-refractivity contribution < 1.29 is 4.74 Å². The Morgan fingerprint density at radius 3 is 1.62 bits per heavy atom. The van der Waals surface area contributed by atoms with E-state index in [-0.39, 0.29) is 6.04 Å². The first kappa shape index (κ1) is 24.2. The number of ether oxygens (including phenoxy) is 1. The summed E-state index contributed by atoms with van der Waals surface area (Å²) in [6, 6.07) is 32.1. The fraction of sp³-hybridized carbons (Fsp3) is 0.310. The second-order valence-electron chi connectivity index (χ2n) is 9.59. The number of hydrogen-bond donors (Lipinski definition) is 1. The van der Waals surface area contributed by atoms with Crippen LogP contribution in [-0.2, 0) is 10.3 Å². The average molecular weight is 444 g/mol. The molecule has 0 bridgehead atoms. The fourth-order valence-corrected chi connectivity index (χ4v) is 4.91. The summed E-state index contributed by atoms with van der Waals surface area (Å²) in [4.78, 5) is 0. The lowest BCUT2D eigenvalue weighted by Crippen LogP contribution is -2.46. The highest BCUT2D eigenvalue weighted by atomic mass is 28.3. The van der Waals surface area contributed by atoms with Gasteiger partial charge in [0.25, 0.3) is 0 Å². The lowest BCUT2D eigenvalue weighted by molar-refractivity contribution is -0.000289. The van der Waals surface area contributed by atoms with Gasteiger partial charge in [0.2, 0.25) is 0 Å². The second-order valence-corrected chi connectivity index (χ2v) is 15.1. The smallest absolute Gasteiger partial charge is 0.143 e. The van der Waals surface area contributed by atoms with Crippen molar-refractivity contribution in [3.8, 4) is 0 Å². The van der Waals surface area contributed by atoms with Gasteiger partial charge in [0.15, 0.2) is 0 Å². The number of rotatable bonds is 12. The van der Waals surface area contributed by atoms with Gasteiger partial charge in [-0.15, -0.1) is 6.58 Å². The van der Waals surface area contributed by atoms with Crippen LogP contribution in [0, 0.1) is 0 Å². The van der Waals surface area contributed by atoms with Gasteiger partial charge in [-0.1, -0.05) is 117 Å². The topological polar surface area (TPSA) is 21.3 Å². The van der Waals surface area contributed by atoms with E-state index in [1.54, 1.807) is 0 Å². The van der Waals surface area contributed by atoms with Crippen molar-refractivity contribution in [3.05, 3.63) is 120 Å². The van der Waals surface area contributed by atoms with Crippen LogP contribution in [0.25, 0.3) is 0 Å². The summed E-state index contributed by atoms with van der Waals surface area (Å²) in [7, 11) is -1.22. The van der Waals surface area contributed by atoms with Gasteiger partial charge in [0.05, 0.1) is 14.7 Å². The molecule has 2 nitrogen and oxygen atoms in total. The SMILES string of the molecule is C=CCCC(COC(c1ccccc1)(c1ccccc1)c1ccccc1)NC[Si](C)(C)C. The fourth-order valence-electron chi connectivity index (χ4n) is 4.01. The van der Waals surface area contributed by atoms with Crippen LogP contribution in [0.3, 0.4) is 0 Å². The Bertz CT molecular complexity index is 838. The van der Waals surface area contributed by atoms with Crippen molar-refractivity contribution in [2.75, 3.05) is 12.8 Å². The molecule has 1 unspecified atom stereocenters. The number of benzene rings is 3. The summed E-state index contributed by atoms with van der Waals surface area (Å²) in [5, 5.41) is 3.81. The van der Waals surface area contributed by atoms with Gasteiger partial charge in [-0.25, -0.2) is 0 Å². The van der Waals surface area contributed by atoms with Gasteiger partial charge < -0.3 is 10.1 Å². The summed E-state index contributed by atoms with van der Waals surface area (Å²) in [5.74, 6) is 0. The third-order valence-electron chi connectivity index (χ3n) is 5.68. The molecule has 0 saturated heterocycles. The van der Waals surface area contributed by atoms with Crippen LogP contribution in [0.5, 0.6) is 0 Å². The molecule has 1 atom stereocenters. The summed E-state index contributed by atoms with van der Waals surface area (Å²) >= 11 is 0. The molecular formula is C29H37NOSi. The lowest BCUT2D eigenvalue weighted by atomic mass is 9.80. The van der Waals surface area contributed by atoms with Gasteiger partial charge in [-0.3, -0.25) is 0 Å². The van der Waals surface area contributed by atoms with E-state index in [1.807, 2.05) is 6.08 Å². The molecule has 0 aliphatic carbocycles. The largest absolute Gasteiger partial charge is 0.359 e. The monoisotopic (exact) mass is 443 g/mol. The molecule has 168 valence electrons. The zero-order valence-corrected chi connectivity index (χ0v) is 20.8. The maximum atomic E-state index is 7.03. The summed E-state index contributed by atoms with van der Waals surface area (Å²) in [5.41, 5.74) is 2.76. The molecule has 0 aliphatic heterocycles. The summed E-state index contributed by atoms with van der Waals surface area (Å²) < 4.78 is 7.03. The average Bonchev–Trinajstić information content (AvgIpc) is 2.82. The molecule has 0 spiro atoms. The zero-order valence-electron chi connectivity index (χ0n) is 19.8. The first-order valence-electron chi connectivity index (χ1n) is 11.6. The quantitative estimate of drug-likeness (QED) is 0.189. The van der Waals surface area contributed by atoms with Crippen molar-refractivity contribution in [1.29, 1.82) is 0 Å². The summed E-state index contributed by atoms with van der Waals surface area (Å²) in [6.07, 6.45) is 5.07. The Hall–Kier alpha value is -2.46. The molecule has 3 heteroatoms. The molecule has 0 aromatic heterocycles. The summed E-state index contributed by atoms with van der Waals surface area (Å²) in [6.45, 7) is 11.7. The Morgan fingerprint density at radius 1 is 0.812 bits per heavy atom. The molecule has 0 saturated carbocycles. The van der Waals surface area contributed by atoms with Crippen molar-refractivity contribution in [2.45, 2.75) is 44.1 Å². The maximum absolute atomic E-state index is 7.03. The van der Waals surface area contributed by atoms with E-state index >= 15 is 0 Å². The second kappa shape index (κ2) is 11.4. The van der Waals surface area contributed by atoms with Gasteiger partial charge in [0.1, 0.15) is 5.60 Å². The van der Waals surface area contributed by atoms with E-state index in [0.29, 0.717) is 6.61 Å². The lowest BCUT2D eigenvalue weighted by Gasteiger charge is -2.37. The van der Waals surface area contributed by atoms with Gasteiger partial charge in [-0.05, 0) is 35.7 Å². The Labute approximate surface area is 195 Å². The van der Waals surface area contributed by atoms with Crippen molar-refractivity contribution in [1.82, 2.24) is 5.32 Å². The first-order chi connectivity index (χ1) is 15.5. The molecule has 0 heterocycles. The van der Waals surface area contributed by atoms with Crippen LogP contribution in [0.4, 0.5) is 0 Å². The molecular weight excluding hydrogens is 406 g/mol. The Kier molecular flexibility index (Phi) is 8.63. The van der Waals surface area contributed by atoms with Crippen LogP contribution < -0.4 is 5.32 Å². The highest BCUT2D eigenvalue weighted by molar-refractivity contribution is 6.76. The Balaban J connectivity index is 2.02. The number of hydrogen-bond acceptors (Lipinski definition) is 2. The maximum Gasteiger partial charge on any atom is 0.143 e. The van der Waals surface area contributed by atoms with Crippen LogP contribution in [-0.4, -0.2) is 26.9 Å². The molecule has 0 radical (unpaired) electrons. The highest BCUT2D eigenvalue weighted by Crippen LogP contribution is 2.40. The van der Waals surface area contributed by atoms with Crippen LogP contribution in [0.1, 0.15) is 29.5 Å². The third-order valence-corrected chi connectivity index (χ3v) is 6.95. The molecule has 3 aromatic rings. The zero-order chi connectivity index (χ0) is 22.9. The first-order valence-corrected chi connectivity index (χ1v) is 15.3. The standard InChI is InChI=1S/C29H37NOSi/c1-5-6-22-28(30-24-32(2,3)4)23-31-29(25-16-10-7-11-17-25,26-18-12-8-13-19-26)27-20-14-9-15-21-27/h5,7-21,28,30H,1,6,22-24H2,2-4H3. The van der Waals surface area contributed by atoms with Crippen molar-refractivity contribution in [3.63, 3.8) is 0 Å². The highest BCUT2D eigenvalue weighted by Gasteiger charge is 2.38. The van der Waals surface area contributed by atoms with Crippen molar-refractivity contribution >= 4 is 8.07 Å². The number of allylic oxidation sites excluding steroid dienone is 1. The van der Waals surface area contributed by atoms with E-state index in [4.69, 9.17) is 4.74 Å². The van der Waals surface area contributed by atoms with E-state index in [0.717, 1.165) is 35.7 Å². The third kappa shape index (κ3) is 6.29. The van der Waals surface area contributed by atoms with E-state index in [1.165, 1.54) is 0 Å². The van der Waals surface area contributed by atoms with Gasteiger partial charge in [-0.2, -0.15) is 0 Å². The van der Waals surface area contributed by atoms with Crippen molar-refractivity contribution in [2.24, 2.45) is 0 Å². The predicted molar refractivity (Wildman–Crippen MR) is 140 cm³/mol. The van der Waals surface area contributed by atoms with E-state index in [9.17, 15) is 0 Å². The minimum Gasteiger partial charge on any atom is -0.359 e. The molecule has 0 amide bonds. The van der Waals surface area contributed by atoms with E-state index in [2.05, 4.69) is 123 Å². The normalized spacial score (nSPS) is 13.0. The minimum absolute atomic E-state index is 0.273. The molecule has 3 aromatic carbocycles. The van der Waals surface area contributed by atoms with E-state index < -0.39 is 13.7 Å². The molecule has 32 heavy (non-hydrogen) atoms.